The molecule has 2 heterocycles. The highest BCUT2D eigenvalue weighted by Crippen LogP contribution is 2.28. The number of carbonyl (C=O) groups is 1. The molecule has 0 aliphatic heterocycles. The Morgan fingerprint density at radius 3 is 2.26 bits per heavy atom. The Labute approximate surface area is 211 Å². The maximum atomic E-state index is 12.8. The lowest BCUT2D eigenvalue weighted by Crippen LogP contribution is -2.15. The summed E-state index contributed by atoms with van der Waals surface area (Å²) in [5, 5.41) is 17.0. The number of nitrogens with one attached hydrogen (secondary N) is 1. The van der Waals surface area contributed by atoms with E-state index in [0.717, 1.165) is 34.2 Å². The summed E-state index contributed by atoms with van der Waals surface area (Å²) >= 11 is 1.36. The van der Waals surface area contributed by atoms with Crippen molar-refractivity contribution in [3.8, 4) is 17.1 Å². The fourth-order valence-electron chi connectivity index (χ4n) is 3.88. The first kappa shape index (κ1) is 24.7. The van der Waals surface area contributed by atoms with E-state index in [-0.39, 0.29) is 17.1 Å². The third-order valence-electron chi connectivity index (χ3n) is 6.01. The third-order valence-corrected chi connectivity index (χ3v) is 7.03. The van der Waals surface area contributed by atoms with Crippen LogP contribution < -0.4 is 5.32 Å². The average molecular weight is 489 g/mol. The maximum absolute atomic E-state index is 12.8. The smallest absolute Gasteiger partial charge is 0.234 e. The van der Waals surface area contributed by atoms with Crippen molar-refractivity contribution in [2.45, 2.75) is 52.1 Å². The van der Waals surface area contributed by atoms with E-state index in [1.54, 1.807) is 0 Å². The quantitative estimate of drug-likeness (QED) is 0.356. The van der Waals surface area contributed by atoms with Gasteiger partial charge in [-0.25, -0.2) is 4.68 Å². The standard InChI is InChI=1S/C27H32N6OS/c1-17-8-14-22(15-9-17)33-19(3)24(18(2)31-33)28-23(34)16-35-26-30-29-25(32(26)7)20-10-12-21(13-11-20)27(4,5)6/h8-15H,16H2,1-7H3,(H,28,34). The number of rotatable bonds is 6. The molecule has 0 bridgehead atoms. The number of amides is 1. The van der Waals surface area contributed by atoms with Crippen molar-refractivity contribution in [1.29, 1.82) is 0 Å². The highest BCUT2D eigenvalue weighted by molar-refractivity contribution is 7.99. The van der Waals surface area contributed by atoms with E-state index in [1.165, 1.54) is 22.9 Å². The van der Waals surface area contributed by atoms with Crippen LogP contribution in [0.25, 0.3) is 17.1 Å². The lowest BCUT2D eigenvalue weighted by molar-refractivity contribution is -0.113. The minimum Gasteiger partial charge on any atom is -0.322 e. The molecule has 1 amide bonds. The Hall–Kier alpha value is -3.39. The van der Waals surface area contributed by atoms with E-state index in [1.807, 2.05) is 42.3 Å². The summed E-state index contributed by atoms with van der Waals surface area (Å²) in [5.41, 5.74) is 6.94. The number of benzene rings is 2. The summed E-state index contributed by atoms with van der Waals surface area (Å²) in [4.78, 5) is 12.8. The number of hydrogen-bond donors (Lipinski definition) is 1. The summed E-state index contributed by atoms with van der Waals surface area (Å²) in [5.74, 6) is 0.895. The number of thioether (sulfide) groups is 1. The van der Waals surface area contributed by atoms with E-state index >= 15 is 0 Å². The molecule has 0 spiro atoms. The predicted octanol–water partition coefficient (Wildman–Crippen LogP) is 5.62. The molecule has 0 saturated heterocycles. The van der Waals surface area contributed by atoms with Gasteiger partial charge in [-0.1, -0.05) is 74.5 Å². The minimum absolute atomic E-state index is 0.0974. The van der Waals surface area contributed by atoms with Crippen LogP contribution >= 0.6 is 11.8 Å². The number of nitrogens with zero attached hydrogens (tertiary/aromatic N) is 5. The van der Waals surface area contributed by atoms with Crippen LogP contribution in [0.15, 0.2) is 53.7 Å². The number of aromatic nitrogens is 5. The molecule has 0 atom stereocenters. The summed E-state index contributed by atoms with van der Waals surface area (Å²) < 4.78 is 3.79. The topological polar surface area (TPSA) is 77.6 Å². The third kappa shape index (κ3) is 5.32. The summed E-state index contributed by atoms with van der Waals surface area (Å²) in [6.07, 6.45) is 0. The van der Waals surface area contributed by atoms with Crippen molar-refractivity contribution in [3.63, 3.8) is 0 Å². The van der Waals surface area contributed by atoms with Crippen molar-refractivity contribution in [3.05, 3.63) is 71.0 Å². The van der Waals surface area contributed by atoms with Gasteiger partial charge in [0.25, 0.3) is 0 Å². The van der Waals surface area contributed by atoms with Gasteiger partial charge in [0, 0.05) is 12.6 Å². The molecule has 182 valence electrons. The Balaban J connectivity index is 1.43. The van der Waals surface area contributed by atoms with Crippen molar-refractivity contribution >= 4 is 23.4 Å². The Morgan fingerprint density at radius 1 is 0.971 bits per heavy atom. The summed E-state index contributed by atoms with van der Waals surface area (Å²) in [6.45, 7) is 12.5. The molecule has 2 aromatic carbocycles. The molecule has 0 aliphatic carbocycles. The fourth-order valence-corrected chi connectivity index (χ4v) is 4.59. The molecule has 4 aromatic rings. The van der Waals surface area contributed by atoms with Gasteiger partial charge >= 0.3 is 0 Å². The van der Waals surface area contributed by atoms with E-state index in [9.17, 15) is 4.79 Å². The second kappa shape index (κ2) is 9.70. The molecule has 4 rings (SSSR count). The first-order valence-electron chi connectivity index (χ1n) is 11.6. The Bertz CT molecular complexity index is 1340. The molecule has 0 saturated carbocycles. The van der Waals surface area contributed by atoms with E-state index in [0.29, 0.717) is 5.16 Å². The summed E-state index contributed by atoms with van der Waals surface area (Å²) in [7, 11) is 1.92. The number of anilines is 1. The van der Waals surface area contributed by atoms with Gasteiger partial charge in [-0.05, 0) is 43.9 Å². The molecule has 2 aromatic heterocycles. The van der Waals surface area contributed by atoms with Gasteiger partial charge in [0.2, 0.25) is 5.91 Å². The molecular formula is C27H32N6OS. The van der Waals surface area contributed by atoms with Crippen LogP contribution in [0.2, 0.25) is 0 Å². The van der Waals surface area contributed by atoms with Crippen LogP contribution in [0, 0.1) is 20.8 Å². The lowest BCUT2D eigenvalue weighted by Gasteiger charge is -2.19. The van der Waals surface area contributed by atoms with Crippen LogP contribution in [0.5, 0.6) is 0 Å². The van der Waals surface area contributed by atoms with Gasteiger partial charge in [-0.3, -0.25) is 4.79 Å². The molecule has 1 N–H and O–H groups in total. The molecule has 35 heavy (non-hydrogen) atoms. The molecule has 7 nitrogen and oxygen atoms in total. The molecule has 0 unspecified atom stereocenters. The predicted molar refractivity (Wildman–Crippen MR) is 142 cm³/mol. The number of hydrogen-bond acceptors (Lipinski definition) is 5. The second-order valence-corrected chi connectivity index (χ2v) is 10.8. The normalized spacial score (nSPS) is 11.6. The minimum atomic E-state index is -0.108. The first-order valence-corrected chi connectivity index (χ1v) is 12.6. The maximum Gasteiger partial charge on any atom is 0.234 e. The largest absolute Gasteiger partial charge is 0.322 e. The SMILES string of the molecule is Cc1ccc(-n2nc(C)c(NC(=O)CSc3nnc(-c4ccc(C(C)(C)C)cc4)n3C)c2C)cc1. The molecule has 0 aliphatic rings. The number of aryl methyl sites for hydroxylation is 2. The van der Waals surface area contributed by atoms with E-state index in [4.69, 9.17) is 0 Å². The van der Waals surface area contributed by atoms with Crippen LogP contribution in [-0.4, -0.2) is 36.2 Å². The number of carbonyl (C=O) groups excluding carboxylic acids is 1. The zero-order valence-electron chi connectivity index (χ0n) is 21.4. The van der Waals surface area contributed by atoms with Gasteiger partial charge in [-0.2, -0.15) is 5.10 Å². The lowest BCUT2D eigenvalue weighted by atomic mass is 9.87. The molecule has 0 radical (unpaired) electrons. The van der Waals surface area contributed by atoms with Crippen LogP contribution in [0.4, 0.5) is 5.69 Å². The van der Waals surface area contributed by atoms with Crippen molar-refractivity contribution in [2.24, 2.45) is 7.05 Å². The van der Waals surface area contributed by atoms with Gasteiger partial charge < -0.3 is 9.88 Å². The summed E-state index contributed by atoms with van der Waals surface area (Å²) in [6, 6.07) is 16.6. The second-order valence-electron chi connectivity index (χ2n) is 9.82. The van der Waals surface area contributed by atoms with Gasteiger partial charge in [0.05, 0.1) is 28.5 Å². The van der Waals surface area contributed by atoms with Crippen molar-refractivity contribution in [1.82, 2.24) is 24.5 Å². The Morgan fingerprint density at radius 2 is 1.63 bits per heavy atom. The fraction of sp³-hybridized carbons (Fsp3) is 0.333. The van der Waals surface area contributed by atoms with Crippen LogP contribution in [-0.2, 0) is 17.3 Å². The van der Waals surface area contributed by atoms with Gasteiger partial charge in [-0.15, -0.1) is 10.2 Å². The van der Waals surface area contributed by atoms with Crippen LogP contribution in [0.3, 0.4) is 0 Å². The van der Waals surface area contributed by atoms with E-state index < -0.39 is 0 Å². The molecule has 8 heteroatoms. The van der Waals surface area contributed by atoms with Gasteiger partial charge in [0.15, 0.2) is 11.0 Å². The van der Waals surface area contributed by atoms with Crippen molar-refractivity contribution in [2.75, 3.05) is 11.1 Å². The van der Waals surface area contributed by atoms with Crippen molar-refractivity contribution < 1.29 is 4.79 Å². The highest BCUT2D eigenvalue weighted by atomic mass is 32.2. The zero-order valence-corrected chi connectivity index (χ0v) is 22.2. The van der Waals surface area contributed by atoms with E-state index in [2.05, 4.69) is 84.7 Å². The highest BCUT2D eigenvalue weighted by Gasteiger charge is 2.18. The zero-order chi connectivity index (χ0) is 25.3. The Kier molecular flexibility index (Phi) is 6.85. The van der Waals surface area contributed by atoms with Crippen LogP contribution in [0.1, 0.15) is 43.3 Å². The first-order chi connectivity index (χ1) is 16.5. The average Bonchev–Trinajstić information content (AvgIpc) is 3.32. The monoisotopic (exact) mass is 488 g/mol. The molecule has 0 fully saturated rings. The van der Waals surface area contributed by atoms with Gasteiger partial charge in [0.1, 0.15) is 0 Å². The molecular weight excluding hydrogens is 456 g/mol.